The maximum atomic E-state index is 12.7. The Bertz CT molecular complexity index is 726. The predicted molar refractivity (Wildman–Crippen MR) is 93.3 cm³/mol. The number of benzene rings is 1. The summed E-state index contributed by atoms with van der Waals surface area (Å²) in [4.78, 5) is 15.0. The van der Waals surface area contributed by atoms with Crippen LogP contribution in [0.15, 0.2) is 28.8 Å². The second-order valence-electron chi connectivity index (χ2n) is 6.27. The lowest BCUT2D eigenvalue weighted by atomic mass is 9.99. The molecule has 5 nitrogen and oxygen atoms in total. The van der Waals surface area contributed by atoms with E-state index in [1.54, 1.807) is 6.92 Å². The van der Waals surface area contributed by atoms with Gasteiger partial charge in [0.25, 0.3) is 5.91 Å². The standard InChI is InChI=1S/C18H22ClN3O2/c1-4-15-16(11(2)21-24-15)18(23)20-14-9-10-22(3)17(14)12-5-7-13(19)8-6-12/h5-8,14,17H,4,9-10H2,1-3H3,(H,20,23)/t14-,17-/m0/s1. The molecule has 0 aliphatic carbocycles. The minimum Gasteiger partial charge on any atom is -0.360 e. The molecule has 1 aromatic carbocycles. The Morgan fingerprint density at radius 3 is 2.79 bits per heavy atom. The summed E-state index contributed by atoms with van der Waals surface area (Å²) >= 11 is 5.99. The highest BCUT2D eigenvalue weighted by Gasteiger charge is 2.35. The van der Waals surface area contributed by atoms with Crippen LogP contribution in [0.1, 0.15) is 46.8 Å². The van der Waals surface area contributed by atoms with Crippen LogP contribution in [-0.2, 0) is 6.42 Å². The Morgan fingerprint density at radius 2 is 2.12 bits per heavy atom. The molecular formula is C18H22ClN3O2. The van der Waals surface area contributed by atoms with Crippen LogP contribution in [0.2, 0.25) is 5.02 Å². The molecule has 0 radical (unpaired) electrons. The highest BCUT2D eigenvalue weighted by molar-refractivity contribution is 6.30. The number of carbonyl (C=O) groups is 1. The largest absolute Gasteiger partial charge is 0.360 e. The molecule has 0 bridgehead atoms. The molecule has 0 unspecified atom stereocenters. The number of aryl methyl sites for hydroxylation is 2. The van der Waals surface area contributed by atoms with Crippen molar-refractivity contribution in [1.29, 1.82) is 0 Å². The van der Waals surface area contributed by atoms with Gasteiger partial charge in [-0.15, -0.1) is 0 Å². The fourth-order valence-corrected chi connectivity index (χ4v) is 3.56. The SMILES string of the molecule is CCc1onc(C)c1C(=O)N[C@H]1CCN(C)[C@H]1c1ccc(Cl)cc1. The number of aromatic nitrogens is 1. The lowest BCUT2D eigenvalue weighted by Gasteiger charge is -2.26. The van der Waals surface area contributed by atoms with Gasteiger partial charge in [0.05, 0.1) is 17.8 Å². The zero-order valence-electron chi connectivity index (χ0n) is 14.2. The zero-order valence-corrected chi connectivity index (χ0v) is 14.9. The number of hydrogen-bond donors (Lipinski definition) is 1. The maximum absolute atomic E-state index is 12.7. The van der Waals surface area contributed by atoms with Gasteiger partial charge in [0.2, 0.25) is 0 Å². The number of rotatable bonds is 4. The van der Waals surface area contributed by atoms with Crippen LogP contribution in [0.4, 0.5) is 0 Å². The van der Waals surface area contributed by atoms with Crippen LogP contribution in [0.5, 0.6) is 0 Å². The molecule has 1 saturated heterocycles. The van der Waals surface area contributed by atoms with Gasteiger partial charge in [-0.3, -0.25) is 9.69 Å². The molecule has 3 rings (SSSR count). The predicted octanol–water partition coefficient (Wildman–Crippen LogP) is 3.37. The Labute approximate surface area is 147 Å². The van der Waals surface area contributed by atoms with Crippen LogP contribution >= 0.6 is 11.6 Å². The monoisotopic (exact) mass is 347 g/mol. The van der Waals surface area contributed by atoms with E-state index in [1.165, 1.54) is 0 Å². The lowest BCUT2D eigenvalue weighted by molar-refractivity contribution is 0.0925. The van der Waals surface area contributed by atoms with Crippen molar-refractivity contribution in [3.63, 3.8) is 0 Å². The number of nitrogens with zero attached hydrogens (tertiary/aromatic N) is 2. The van der Waals surface area contributed by atoms with Crippen molar-refractivity contribution in [2.45, 2.75) is 38.8 Å². The summed E-state index contributed by atoms with van der Waals surface area (Å²) in [5.74, 6) is 0.532. The molecule has 24 heavy (non-hydrogen) atoms. The van der Waals surface area contributed by atoms with E-state index in [0.29, 0.717) is 28.5 Å². The fraction of sp³-hybridized carbons (Fsp3) is 0.444. The molecule has 1 N–H and O–H groups in total. The van der Waals surface area contributed by atoms with Gasteiger partial charge >= 0.3 is 0 Å². The second-order valence-corrected chi connectivity index (χ2v) is 6.70. The van der Waals surface area contributed by atoms with Crippen LogP contribution in [-0.4, -0.2) is 35.6 Å². The summed E-state index contributed by atoms with van der Waals surface area (Å²) in [7, 11) is 2.08. The number of hydrogen-bond acceptors (Lipinski definition) is 4. The molecular weight excluding hydrogens is 326 g/mol. The summed E-state index contributed by atoms with van der Waals surface area (Å²) in [5.41, 5.74) is 2.36. The van der Waals surface area contributed by atoms with Crippen molar-refractivity contribution in [3.05, 3.63) is 51.9 Å². The van der Waals surface area contributed by atoms with Crippen LogP contribution in [0, 0.1) is 6.92 Å². The second kappa shape index (κ2) is 6.95. The first-order valence-electron chi connectivity index (χ1n) is 8.23. The lowest BCUT2D eigenvalue weighted by Crippen LogP contribution is -2.39. The normalized spacial score (nSPS) is 21.2. The van der Waals surface area contributed by atoms with E-state index in [4.69, 9.17) is 16.1 Å². The van der Waals surface area contributed by atoms with Gasteiger partial charge in [-0.2, -0.15) is 0 Å². The smallest absolute Gasteiger partial charge is 0.257 e. The van der Waals surface area contributed by atoms with E-state index in [2.05, 4.69) is 22.4 Å². The molecule has 2 heterocycles. The molecule has 128 valence electrons. The summed E-state index contributed by atoms with van der Waals surface area (Å²) in [5, 5.41) is 7.82. The van der Waals surface area contributed by atoms with Crippen LogP contribution in [0.3, 0.4) is 0 Å². The molecule has 0 spiro atoms. The van der Waals surface area contributed by atoms with Gasteiger partial charge < -0.3 is 9.84 Å². The van der Waals surface area contributed by atoms with Gasteiger partial charge in [-0.05, 0) is 38.1 Å². The number of nitrogens with one attached hydrogen (secondary N) is 1. The summed E-state index contributed by atoms with van der Waals surface area (Å²) < 4.78 is 5.24. The molecule has 2 atom stereocenters. The number of carbonyl (C=O) groups excluding carboxylic acids is 1. The van der Waals surface area contributed by atoms with E-state index in [9.17, 15) is 4.79 Å². The Hall–Kier alpha value is -1.85. The molecule has 1 fully saturated rings. The van der Waals surface area contributed by atoms with Crippen LogP contribution < -0.4 is 5.32 Å². The average molecular weight is 348 g/mol. The minimum absolute atomic E-state index is 0.0441. The molecule has 1 aliphatic rings. The topological polar surface area (TPSA) is 58.4 Å². The van der Waals surface area contributed by atoms with Crippen LogP contribution in [0.25, 0.3) is 0 Å². The quantitative estimate of drug-likeness (QED) is 0.921. The molecule has 6 heteroatoms. The first-order valence-corrected chi connectivity index (χ1v) is 8.60. The third-order valence-electron chi connectivity index (χ3n) is 4.66. The van der Waals surface area contributed by atoms with Gasteiger partial charge in [0, 0.05) is 18.0 Å². The first-order chi connectivity index (χ1) is 11.5. The van der Waals surface area contributed by atoms with E-state index < -0.39 is 0 Å². The molecule has 2 aromatic rings. The van der Waals surface area contributed by atoms with Crippen molar-refractivity contribution in [1.82, 2.24) is 15.4 Å². The van der Waals surface area contributed by atoms with Crippen molar-refractivity contribution < 1.29 is 9.32 Å². The number of likely N-dealkylation sites (N-methyl/N-ethyl adjacent to an activating group) is 1. The first kappa shape index (κ1) is 17.0. The molecule has 1 aliphatic heterocycles. The summed E-state index contributed by atoms with van der Waals surface area (Å²) in [6.07, 6.45) is 1.55. The Morgan fingerprint density at radius 1 is 1.42 bits per heavy atom. The fourth-order valence-electron chi connectivity index (χ4n) is 3.43. The van der Waals surface area contributed by atoms with E-state index in [1.807, 2.05) is 31.2 Å². The van der Waals surface area contributed by atoms with Crippen molar-refractivity contribution in [2.24, 2.45) is 0 Å². The van der Waals surface area contributed by atoms with Gasteiger partial charge in [0.1, 0.15) is 11.3 Å². The summed E-state index contributed by atoms with van der Waals surface area (Å²) in [6.45, 7) is 4.69. The average Bonchev–Trinajstić information content (AvgIpc) is 3.11. The number of halogens is 1. The maximum Gasteiger partial charge on any atom is 0.257 e. The van der Waals surface area contributed by atoms with Gasteiger partial charge in [-0.1, -0.05) is 35.8 Å². The third kappa shape index (κ3) is 3.19. The highest BCUT2D eigenvalue weighted by Crippen LogP contribution is 2.32. The number of likely N-dealkylation sites (tertiary alicyclic amines) is 1. The van der Waals surface area contributed by atoms with Crippen molar-refractivity contribution in [2.75, 3.05) is 13.6 Å². The third-order valence-corrected chi connectivity index (χ3v) is 4.91. The van der Waals surface area contributed by atoms with Crippen molar-refractivity contribution in [3.8, 4) is 0 Å². The summed E-state index contributed by atoms with van der Waals surface area (Å²) in [6, 6.07) is 8.01. The van der Waals surface area contributed by atoms with Crippen molar-refractivity contribution >= 4 is 17.5 Å². The van der Waals surface area contributed by atoms with E-state index in [-0.39, 0.29) is 18.0 Å². The van der Waals surface area contributed by atoms with E-state index in [0.717, 1.165) is 18.5 Å². The molecule has 1 amide bonds. The Kier molecular flexibility index (Phi) is 4.92. The van der Waals surface area contributed by atoms with E-state index >= 15 is 0 Å². The zero-order chi connectivity index (χ0) is 17.3. The van der Waals surface area contributed by atoms with Gasteiger partial charge in [-0.25, -0.2) is 0 Å². The Balaban J connectivity index is 1.81. The minimum atomic E-state index is -0.107. The molecule has 0 saturated carbocycles. The highest BCUT2D eigenvalue weighted by atomic mass is 35.5. The molecule has 1 aromatic heterocycles. The number of amides is 1. The van der Waals surface area contributed by atoms with Gasteiger partial charge in [0.15, 0.2) is 0 Å².